The second-order valence-corrected chi connectivity index (χ2v) is 7.71. The topological polar surface area (TPSA) is 46.1 Å². The van der Waals surface area contributed by atoms with Crippen LogP contribution in [0.3, 0.4) is 0 Å². The fraction of sp³-hybridized carbons (Fsp3) is 0.611. The normalized spacial score (nSPS) is 18.4. The first-order valence-electron chi connectivity index (χ1n) is 8.63. The monoisotopic (exact) mass is 387 g/mol. The molecule has 1 atom stereocenters. The molecule has 146 valence electrons. The summed E-state index contributed by atoms with van der Waals surface area (Å²) in [6, 6.07) is 5.01. The van der Waals surface area contributed by atoms with Gasteiger partial charge >= 0.3 is 6.61 Å². The Kier molecular flexibility index (Phi) is 7.81. The number of benzene rings is 1. The third kappa shape index (κ3) is 5.65. The second kappa shape index (κ2) is 9.85. The molecule has 0 saturated carbocycles. The van der Waals surface area contributed by atoms with Gasteiger partial charge in [-0.3, -0.25) is 4.99 Å². The van der Waals surface area contributed by atoms with Crippen molar-refractivity contribution in [2.45, 2.75) is 32.3 Å². The average molecular weight is 387 g/mol. The van der Waals surface area contributed by atoms with Gasteiger partial charge in [0.1, 0.15) is 0 Å². The van der Waals surface area contributed by atoms with Gasteiger partial charge in [-0.15, -0.1) is 0 Å². The van der Waals surface area contributed by atoms with Gasteiger partial charge in [0, 0.05) is 37.7 Å². The molecule has 26 heavy (non-hydrogen) atoms. The molecule has 1 heterocycles. The molecule has 1 aromatic rings. The Morgan fingerprint density at radius 2 is 2.15 bits per heavy atom. The molecule has 1 aliphatic heterocycles. The van der Waals surface area contributed by atoms with Crippen LogP contribution in [0.1, 0.15) is 19.4 Å². The molecule has 1 saturated heterocycles. The van der Waals surface area contributed by atoms with E-state index in [1.165, 1.54) is 7.11 Å². The molecule has 0 aliphatic carbocycles. The Balaban J connectivity index is 2.02. The van der Waals surface area contributed by atoms with Gasteiger partial charge in [-0.1, -0.05) is 19.9 Å². The maximum absolute atomic E-state index is 12.6. The minimum atomic E-state index is -2.89. The Morgan fingerprint density at radius 1 is 1.38 bits per heavy atom. The van der Waals surface area contributed by atoms with Crippen molar-refractivity contribution >= 4 is 17.7 Å². The zero-order valence-electron chi connectivity index (χ0n) is 15.7. The smallest absolute Gasteiger partial charge is 0.387 e. The molecule has 5 nitrogen and oxygen atoms in total. The van der Waals surface area contributed by atoms with Crippen LogP contribution in [-0.4, -0.2) is 55.7 Å². The highest BCUT2D eigenvalue weighted by Gasteiger charge is 2.24. The number of thioether (sulfide) groups is 1. The van der Waals surface area contributed by atoms with Crippen LogP contribution in [0.15, 0.2) is 23.2 Å². The lowest BCUT2D eigenvalue weighted by atomic mass is 10.1. The average Bonchev–Trinajstić information content (AvgIpc) is 2.62. The maximum atomic E-state index is 12.6. The van der Waals surface area contributed by atoms with E-state index < -0.39 is 6.61 Å². The predicted molar refractivity (Wildman–Crippen MR) is 102 cm³/mol. The van der Waals surface area contributed by atoms with Crippen molar-refractivity contribution in [3.63, 3.8) is 0 Å². The first-order valence-corrected chi connectivity index (χ1v) is 9.68. The van der Waals surface area contributed by atoms with Crippen LogP contribution in [0.25, 0.3) is 0 Å². The molecule has 0 radical (unpaired) electrons. The van der Waals surface area contributed by atoms with Crippen LogP contribution < -0.4 is 14.8 Å². The quantitative estimate of drug-likeness (QED) is 0.598. The molecule has 0 bridgehead atoms. The molecule has 1 fully saturated rings. The molecule has 1 N–H and O–H groups in total. The summed E-state index contributed by atoms with van der Waals surface area (Å²) in [5.41, 5.74) is 0.814. The van der Waals surface area contributed by atoms with Crippen LogP contribution in [-0.2, 0) is 6.54 Å². The van der Waals surface area contributed by atoms with Gasteiger partial charge in [0.15, 0.2) is 17.5 Å². The SMILES string of the molecule is CN=C(NCc1ccc(OC)c(OC(F)F)c1)N1CCSC(C(C)C)C1. The zero-order valence-corrected chi connectivity index (χ0v) is 16.5. The first kappa shape index (κ1) is 20.6. The maximum Gasteiger partial charge on any atom is 0.387 e. The summed E-state index contributed by atoms with van der Waals surface area (Å²) in [5.74, 6) is 2.82. The van der Waals surface area contributed by atoms with Crippen LogP contribution in [0.5, 0.6) is 11.5 Å². The van der Waals surface area contributed by atoms with E-state index in [1.54, 1.807) is 19.2 Å². The molecule has 0 amide bonds. The van der Waals surface area contributed by atoms with Gasteiger partial charge in [-0.25, -0.2) is 0 Å². The van der Waals surface area contributed by atoms with E-state index in [1.807, 2.05) is 17.8 Å². The summed E-state index contributed by atoms with van der Waals surface area (Å²) < 4.78 is 34.7. The Morgan fingerprint density at radius 3 is 2.77 bits per heavy atom. The highest BCUT2D eigenvalue weighted by molar-refractivity contribution is 8.00. The van der Waals surface area contributed by atoms with Crippen molar-refractivity contribution in [1.29, 1.82) is 0 Å². The number of nitrogens with zero attached hydrogens (tertiary/aromatic N) is 2. The van der Waals surface area contributed by atoms with Gasteiger partial charge < -0.3 is 19.7 Å². The van der Waals surface area contributed by atoms with Crippen LogP contribution >= 0.6 is 11.8 Å². The molecular weight excluding hydrogens is 360 g/mol. The van der Waals surface area contributed by atoms with E-state index >= 15 is 0 Å². The first-order chi connectivity index (χ1) is 12.4. The lowest BCUT2D eigenvalue weighted by molar-refractivity contribution is -0.0512. The lowest BCUT2D eigenvalue weighted by Gasteiger charge is -2.36. The molecule has 8 heteroatoms. The van der Waals surface area contributed by atoms with Crippen LogP contribution in [0, 0.1) is 5.92 Å². The van der Waals surface area contributed by atoms with E-state index in [0.29, 0.717) is 17.7 Å². The van der Waals surface area contributed by atoms with E-state index in [2.05, 4.69) is 33.8 Å². The standard InChI is InChI=1S/C18H27F2N3O2S/c1-12(2)16-11-23(7-8-26-16)18(21-3)22-10-13-5-6-14(24-4)15(9-13)25-17(19)20/h5-6,9,12,16-17H,7-8,10-11H2,1-4H3,(H,21,22). The number of alkyl halides is 2. The number of rotatable bonds is 6. The van der Waals surface area contributed by atoms with E-state index in [-0.39, 0.29) is 11.5 Å². The summed E-state index contributed by atoms with van der Waals surface area (Å²) in [6.45, 7) is 3.93. The van der Waals surface area contributed by atoms with E-state index in [9.17, 15) is 8.78 Å². The Bertz CT molecular complexity index is 614. The van der Waals surface area contributed by atoms with Crippen molar-refractivity contribution in [1.82, 2.24) is 10.2 Å². The minimum absolute atomic E-state index is 0.0334. The van der Waals surface area contributed by atoms with Gasteiger partial charge in [-0.05, 0) is 23.6 Å². The van der Waals surface area contributed by atoms with Gasteiger partial charge in [0.25, 0.3) is 0 Å². The predicted octanol–water partition coefficient (Wildman–Crippen LogP) is 3.45. The van der Waals surface area contributed by atoms with Crippen molar-refractivity contribution in [2.24, 2.45) is 10.9 Å². The molecule has 2 rings (SSSR count). The molecule has 0 aromatic heterocycles. The van der Waals surface area contributed by atoms with Crippen molar-refractivity contribution in [3.05, 3.63) is 23.8 Å². The summed E-state index contributed by atoms with van der Waals surface area (Å²) in [5, 5.41) is 3.89. The Labute approximate surface area is 158 Å². The minimum Gasteiger partial charge on any atom is -0.493 e. The summed E-state index contributed by atoms with van der Waals surface area (Å²) >= 11 is 2.00. The lowest BCUT2D eigenvalue weighted by Crippen LogP contribution is -2.48. The number of halogens is 2. The Hall–Kier alpha value is -1.70. The van der Waals surface area contributed by atoms with E-state index in [4.69, 9.17) is 4.74 Å². The molecule has 0 spiro atoms. The highest BCUT2D eigenvalue weighted by atomic mass is 32.2. The highest BCUT2D eigenvalue weighted by Crippen LogP contribution is 2.29. The summed E-state index contributed by atoms with van der Waals surface area (Å²) in [4.78, 5) is 6.62. The van der Waals surface area contributed by atoms with Gasteiger partial charge in [-0.2, -0.15) is 20.5 Å². The fourth-order valence-corrected chi connectivity index (χ4v) is 4.10. The second-order valence-electron chi connectivity index (χ2n) is 6.36. The third-order valence-electron chi connectivity index (χ3n) is 4.24. The van der Waals surface area contributed by atoms with Crippen LogP contribution in [0.2, 0.25) is 0 Å². The van der Waals surface area contributed by atoms with Gasteiger partial charge in [0.05, 0.1) is 7.11 Å². The zero-order chi connectivity index (χ0) is 19.1. The fourth-order valence-electron chi connectivity index (χ4n) is 2.80. The van der Waals surface area contributed by atoms with Crippen LogP contribution in [0.4, 0.5) is 8.78 Å². The number of aliphatic imine (C=N–C) groups is 1. The van der Waals surface area contributed by atoms with E-state index in [0.717, 1.165) is 30.4 Å². The van der Waals surface area contributed by atoms with Crippen molar-refractivity contribution in [2.75, 3.05) is 33.0 Å². The molecule has 1 aliphatic rings. The number of methoxy groups -OCH3 is 1. The molecule has 1 unspecified atom stereocenters. The number of hydrogen-bond acceptors (Lipinski definition) is 4. The number of hydrogen-bond donors (Lipinski definition) is 1. The number of ether oxygens (including phenoxy) is 2. The third-order valence-corrected chi connectivity index (χ3v) is 5.78. The summed E-state index contributed by atoms with van der Waals surface area (Å²) in [6.07, 6.45) is 0. The molecule has 1 aromatic carbocycles. The number of nitrogens with one attached hydrogen (secondary N) is 1. The van der Waals surface area contributed by atoms with Crippen molar-refractivity contribution in [3.8, 4) is 11.5 Å². The summed E-state index contributed by atoms with van der Waals surface area (Å²) in [7, 11) is 3.18. The largest absolute Gasteiger partial charge is 0.493 e. The molecular formula is C18H27F2N3O2S. The van der Waals surface area contributed by atoms with Gasteiger partial charge in [0.2, 0.25) is 0 Å². The number of guanidine groups is 1. The van der Waals surface area contributed by atoms with Crippen molar-refractivity contribution < 1.29 is 18.3 Å².